The van der Waals surface area contributed by atoms with Gasteiger partial charge in [-0.25, -0.2) is 4.39 Å². The minimum absolute atomic E-state index is 0.301. The highest BCUT2D eigenvalue weighted by molar-refractivity contribution is 5.22. The maximum absolute atomic E-state index is 13.3. The lowest BCUT2D eigenvalue weighted by atomic mass is 9.66. The molecule has 1 aromatic carbocycles. The molecule has 2 rings (SSSR count). The zero-order valence-corrected chi connectivity index (χ0v) is 12.0. The molecule has 1 fully saturated rings. The van der Waals surface area contributed by atoms with E-state index in [2.05, 4.69) is 6.07 Å². The highest BCUT2D eigenvalue weighted by Crippen LogP contribution is 2.44. The largest absolute Gasteiger partial charge is 0.388 e. The lowest BCUT2D eigenvalue weighted by molar-refractivity contribution is -0.0469. The molecule has 108 valence electrons. The number of nitriles is 1. The molecular formula is C17H22FNO. The summed E-state index contributed by atoms with van der Waals surface area (Å²) in [5.41, 5.74) is -1.09. The van der Waals surface area contributed by atoms with Gasteiger partial charge in [-0.15, -0.1) is 0 Å². The molecule has 1 unspecified atom stereocenters. The van der Waals surface area contributed by atoms with E-state index in [1.807, 2.05) is 0 Å². The van der Waals surface area contributed by atoms with Crippen LogP contribution in [-0.2, 0) is 6.42 Å². The number of rotatable bonds is 3. The second kappa shape index (κ2) is 5.93. The van der Waals surface area contributed by atoms with E-state index >= 15 is 0 Å². The third-order valence-corrected chi connectivity index (χ3v) is 4.64. The standard InChI is InChI=1S/C17H22FNO/c1-16(20,12-14-7-6-8-15(18)11-14)17(13-19)9-4-2-3-5-10-17/h6-8,11,20H,2-5,9-10,12H2,1H3. The summed E-state index contributed by atoms with van der Waals surface area (Å²) in [6.07, 6.45) is 5.98. The maximum Gasteiger partial charge on any atom is 0.123 e. The predicted octanol–water partition coefficient (Wildman–Crippen LogP) is 3.98. The van der Waals surface area contributed by atoms with Crippen LogP contribution in [0.25, 0.3) is 0 Å². The monoisotopic (exact) mass is 275 g/mol. The van der Waals surface area contributed by atoms with Gasteiger partial charge in [0.15, 0.2) is 0 Å². The van der Waals surface area contributed by atoms with E-state index in [1.165, 1.54) is 12.1 Å². The Morgan fingerprint density at radius 3 is 2.50 bits per heavy atom. The molecule has 1 atom stereocenters. The van der Waals surface area contributed by atoms with Crippen molar-refractivity contribution in [3.63, 3.8) is 0 Å². The normalized spacial score (nSPS) is 21.5. The molecule has 1 saturated carbocycles. The van der Waals surface area contributed by atoms with Gasteiger partial charge >= 0.3 is 0 Å². The van der Waals surface area contributed by atoms with Crippen LogP contribution in [0, 0.1) is 22.6 Å². The highest BCUT2D eigenvalue weighted by atomic mass is 19.1. The molecule has 2 nitrogen and oxygen atoms in total. The smallest absolute Gasteiger partial charge is 0.123 e. The molecule has 0 saturated heterocycles. The first-order valence-corrected chi connectivity index (χ1v) is 7.37. The second-order valence-corrected chi connectivity index (χ2v) is 6.19. The zero-order valence-electron chi connectivity index (χ0n) is 12.0. The SMILES string of the molecule is CC(O)(Cc1cccc(F)c1)C1(C#N)CCCCCC1. The van der Waals surface area contributed by atoms with Gasteiger partial charge in [0.25, 0.3) is 0 Å². The Balaban J connectivity index is 2.25. The summed E-state index contributed by atoms with van der Waals surface area (Å²) in [6, 6.07) is 8.67. The third kappa shape index (κ3) is 3.02. The lowest BCUT2D eigenvalue weighted by Crippen LogP contribution is -2.46. The van der Waals surface area contributed by atoms with Crippen molar-refractivity contribution in [3.8, 4) is 6.07 Å². The fourth-order valence-electron chi connectivity index (χ4n) is 3.32. The van der Waals surface area contributed by atoms with Gasteiger partial charge in [-0.2, -0.15) is 5.26 Å². The van der Waals surface area contributed by atoms with Crippen LogP contribution in [0.1, 0.15) is 51.0 Å². The minimum Gasteiger partial charge on any atom is -0.388 e. The number of hydrogen-bond acceptors (Lipinski definition) is 2. The molecule has 0 heterocycles. The van der Waals surface area contributed by atoms with E-state index in [1.54, 1.807) is 19.1 Å². The van der Waals surface area contributed by atoms with E-state index in [0.29, 0.717) is 6.42 Å². The number of benzene rings is 1. The van der Waals surface area contributed by atoms with Crippen molar-refractivity contribution in [2.75, 3.05) is 0 Å². The van der Waals surface area contributed by atoms with E-state index in [0.717, 1.165) is 44.1 Å². The van der Waals surface area contributed by atoms with Gasteiger partial charge in [0.1, 0.15) is 5.82 Å². The van der Waals surface area contributed by atoms with Crippen LogP contribution in [0.4, 0.5) is 4.39 Å². The van der Waals surface area contributed by atoms with Gasteiger partial charge in [0.05, 0.1) is 17.1 Å². The summed E-state index contributed by atoms with van der Waals surface area (Å²) in [5, 5.41) is 20.6. The van der Waals surface area contributed by atoms with Gasteiger partial charge in [0, 0.05) is 6.42 Å². The molecule has 0 aliphatic heterocycles. The van der Waals surface area contributed by atoms with Gasteiger partial charge in [-0.05, 0) is 37.5 Å². The summed E-state index contributed by atoms with van der Waals surface area (Å²) in [4.78, 5) is 0. The molecule has 0 spiro atoms. The third-order valence-electron chi connectivity index (χ3n) is 4.64. The second-order valence-electron chi connectivity index (χ2n) is 6.19. The van der Waals surface area contributed by atoms with Crippen LogP contribution >= 0.6 is 0 Å². The molecule has 0 amide bonds. The fraction of sp³-hybridized carbons (Fsp3) is 0.588. The van der Waals surface area contributed by atoms with Gasteiger partial charge in [0.2, 0.25) is 0 Å². The van der Waals surface area contributed by atoms with Gasteiger partial charge in [-0.3, -0.25) is 0 Å². The molecule has 0 aromatic heterocycles. The molecule has 20 heavy (non-hydrogen) atoms. The number of aliphatic hydroxyl groups is 1. The van der Waals surface area contributed by atoms with E-state index in [-0.39, 0.29) is 5.82 Å². The van der Waals surface area contributed by atoms with Gasteiger partial charge in [-0.1, -0.05) is 37.8 Å². The first-order valence-electron chi connectivity index (χ1n) is 7.37. The molecule has 0 radical (unpaired) electrons. The zero-order chi connectivity index (χ0) is 14.6. The Kier molecular flexibility index (Phi) is 4.45. The van der Waals surface area contributed by atoms with Crippen molar-refractivity contribution in [2.45, 2.75) is 57.5 Å². The Bertz CT molecular complexity index is 496. The van der Waals surface area contributed by atoms with Gasteiger partial charge < -0.3 is 5.11 Å². The van der Waals surface area contributed by atoms with Crippen molar-refractivity contribution in [1.82, 2.24) is 0 Å². The number of hydrogen-bond donors (Lipinski definition) is 1. The Hall–Kier alpha value is -1.40. The molecule has 1 aromatic rings. The lowest BCUT2D eigenvalue weighted by Gasteiger charge is -2.40. The van der Waals surface area contributed by atoms with Crippen LogP contribution in [0.15, 0.2) is 24.3 Å². The predicted molar refractivity (Wildman–Crippen MR) is 76.5 cm³/mol. The molecule has 0 bridgehead atoms. The van der Waals surface area contributed by atoms with Crippen LogP contribution < -0.4 is 0 Å². The highest BCUT2D eigenvalue weighted by Gasteiger charge is 2.47. The fourth-order valence-corrected chi connectivity index (χ4v) is 3.32. The molecule has 1 N–H and O–H groups in total. The summed E-state index contributed by atoms with van der Waals surface area (Å²) in [5.74, 6) is -0.301. The van der Waals surface area contributed by atoms with Crippen LogP contribution in [0.5, 0.6) is 0 Å². The first kappa shape index (κ1) is 15.0. The first-order chi connectivity index (χ1) is 9.49. The van der Waals surface area contributed by atoms with Crippen molar-refractivity contribution in [1.29, 1.82) is 5.26 Å². The summed E-state index contributed by atoms with van der Waals surface area (Å²) in [7, 11) is 0. The number of halogens is 1. The Labute approximate surface area is 120 Å². The molecule has 1 aliphatic rings. The summed E-state index contributed by atoms with van der Waals surface area (Å²) >= 11 is 0. The van der Waals surface area contributed by atoms with Crippen LogP contribution in [0.2, 0.25) is 0 Å². The van der Waals surface area contributed by atoms with Crippen molar-refractivity contribution < 1.29 is 9.50 Å². The van der Waals surface area contributed by atoms with Crippen molar-refractivity contribution in [2.24, 2.45) is 5.41 Å². The van der Waals surface area contributed by atoms with E-state index in [4.69, 9.17) is 0 Å². The maximum atomic E-state index is 13.3. The molecular weight excluding hydrogens is 253 g/mol. The van der Waals surface area contributed by atoms with Crippen LogP contribution in [0.3, 0.4) is 0 Å². The van der Waals surface area contributed by atoms with E-state index < -0.39 is 11.0 Å². The Morgan fingerprint density at radius 1 is 1.30 bits per heavy atom. The quantitative estimate of drug-likeness (QED) is 0.848. The van der Waals surface area contributed by atoms with E-state index in [9.17, 15) is 14.8 Å². The molecule has 3 heteroatoms. The number of nitrogens with zero attached hydrogens (tertiary/aromatic N) is 1. The summed E-state index contributed by atoms with van der Waals surface area (Å²) < 4.78 is 13.3. The minimum atomic E-state index is -1.13. The topological polar surface area (TPSA) is 44.0 Å². The average molecular weight is 275 g/mol. The van der Waals surface area contributed by atoms with Crippen molar-refractivity contribution in [3.05, 3.63) is 35.6 Å². The van der Waals surface area contributed by atoms with Crippen LogP contribution in [-0.4, -0.2) is 10.7 Å². The van der Waals surface area contributed by atoms with Crippen molar-refractivity contribution >= 4 is 0 Å². The Morgan fingerprint density at radius 2 is 1.95 bits per heavy atom. The average Bonchev–Trinajstić information content (AvgIpc) is 2.64. The molecule has 1 aliphatic carbocycles. The summed E-state index contributed by atoms with van der Waals surface area (Å²) in [6.45, 7) is 1.73.